The van der Waals surface area contributed by atoms with Crippen LogP contribution in [0.4, 0.5) is 0 Å². The van der Waals surface area contributed by atoms with Gasteiger partial charge in [0.15, 0.2) is 0 Å². The van der Waals surface area contributed by atoms with Gasteiger partial charge in [-0.15, -0.1) is 0 Å². The van der Waals surface area contributed by atoms with Crippen molar-refractivity contribution in [2.24, 2.45) is 5.92 Å². The van der Waals surface area contributed by atoms with Gasteiger partial charge in [0, 0.05) is 5.92 Å². The summed E-state index contributed by atoms with van der Waals surface area (Å²) in [6.45, 7) is 4.02. The van der Waals surface area contributed by atoms with Crippen LogP contribution in [0.5, 0.6) is 5.75 Å². The summed E-state index contributed by atoms with van der Waals surface area (Å²) in [5.41, 5.74) is 3.28. The van der Waals surface area contributed by atoms with Crippen molar-refractivity contribution in [1.29, 1.82) is 0 Å². The molecule has 16 heavy (non-hydrogen) atoms. The Bertz CT molecular complexity index is 437. The molecular formula is C13H16O3. The molecular weight excluding hydrogens is 204 g/mol. The number of aliphatic carboxylic acids is 1. The molecule has 3 nitrogen and oxygen atoms in total. The van der Waals surface area contributed by atoms with Crippen molar-refractivity contribution in [3.63, 3.8) is 0 Å². The van der Waals surface area contributed by atoms with Gasteiger partial charge in [-0.1, -0.05) is 17.7 Å². The van der Waals surface area contributed by atoms with Gasteiger partial charge >= 0.3 is 5.97 Å². The molecule has 0 aromatic heterocycles. The summed E-state index contributed by atoms with van der Waals surface area (Å²) in [5.74, 6) is 0.0479. The molecule has 1 aliphatic carbocycles. The highest BCUT2D eigenvalue weighted by molar-refractivity contribution is 5.75. The van der Waals surface area contributed by atoms with E-state index >= 15 is 0 Å². The molecule has 0 bridgehead atoms. The van der Waals surface area contributed by atoms with Gasteiger partial charge in [-0.05, 0) is 31.4 Å². The van der Waals surface area contributed by atoms with E-state index in [1.807, 2.05) is 19.9 Å². The standard InChI is InChI=1S/C13H16O3/c1-7-4-8(2)12(16-3)10(5-7)9-6-11(9)13(14)15/h4-5,9,11H,6H2,1-3H3,(H,14,15). The number of rotatable bonds is 3. The van der Waals surface area contributed by atoms with Crippen LogP contribution in [0.15, 0.2) is 12.1 Å². The Morgan fingerprint density at radius 1 is 1.44 bits per heavy atom. The molecule has 1 aliphatic rings. The Kier molecular flexibility index (Phi) is 2.62. The molecule has 1 N–H and O–H groups in total. The number of hydrogen-bond donors (Lipinski definition) is 1. The number of benzene rings is 1. The van der Waals surface area contributed by atoms with E-state index in [4.69, 9.17) is 9.84 Å². The smallest absolute Gasteiger partial charge is 0.307 e. The lowest BCUT2D eigenvalue weighted by molar-refractivity contribution is -0.138. The lowest BCUT2D eigenvalue weighted by Crippen LogP contribution is -2.01. The zero-order chi connectivity index (χ0) is 11.9. The van der Waals surface area contributed by atoms with Crippen LogP contribution in [-0.2, 0) is 4.79 Å². The molecule has 0 spiro atoms. The van der Waals surface area contributed by atoms with Gasteiger partial charge < -0.3 is 9.84 Å². The minimum absolute atomic E-state index is 0.131. The van der Waals surface area contributed by atoms with Gasteiger partial charge in [0.05, 0.1) is 13.0 Å². The second-order valence-electron chi connectivity index (χ2n) is 4.49. The number of methoxy groups -OCH3 is 1. The molecule has 2 atom stereocenters. The molecule has 2 rings (SSSR count). The van der Waals surface area contributed by atoms with E-state index in [1.165, 1.54) is 0 Å². The van der Waals surface area contributed by atoms with Crippen molar-refractivity contribution in [3.8, 4) is 5.75 Å². The predicted molar refractivity (Wildman–Crippen MR) is 61.0 cm³/mol. The van der Waals surface area contributed by atoms with Crippen LogP contribution in [0, 0.1) is 19.8 Å². The molecule has 3 heteroatoms. The van der Waals surface area contributed by atoms with Gasteiger partial charge in [-0.2, -0.15) is 0 Å². The lowest BCUT2D eigenvalue weighted by Gasteiger charge is -2.12. The highest BCUT2D eigenvalue weighted by atomic mass is 16.5. The van der Waals surface area contributed by atoms with Crippen LogP contribution < -0.4 is 4.74 Å². The van der Waals surface area contributed by atoms with E-state index in [0.29, 0.717) is 0 Å². The largest absolute Gasteiger partial charge is 0.496 e. The van der Waals surface area contributed by atoms with Crippen molar-refractivity contribution in [1.82, 2.24) is 0 Å². The van der Waals surface area contributed by atoms with Crippen LogP contribution in [-0.4, -0.2) is 18.2 Å². The van der Waals surface area contributed by atoms with Crippen molar-refractivity contribution >= 4 is 5.97 Å². The van der Waals surface area contributed by atoms with Gasteiger partial charge in [-0.25, -0.2) is 0 Å². The summed E-state index contributed by atoms with van der Waals surface area (Å²) in [7, 11) is 1.64. The zero-order valence-electron chi connectivity index (χ0n) is 9.78. The second kappa shape index (κ2) is 3.81. The number of aryl methyl sites for hydroxylation is 2. The average molecular weight is 220 g/mol. The third-order valence-corrected chi connectivity index (χ3v) is 3.16. The molecule has 0 aliphatic heterocycles. The van der Waals surface area contributed by atoms with E-state index in [0.717, 1.165) is 28.9 Å². The summed E-state index contributed by atoms with van der Waals surface area (Å²) in [6, 6.07) is 4.10. The van der Waals surface area contributed by atoms with Gasteiger partial charge in [0.25, 0.3) is 0 Å². The molecule has 1 saturated carbocycles. The quantitative estimate of drug-likeness (QED) is 0.851. The monoisotopic (exact) mass is 220 g/mol. The number of hydrogen-bond acceptors (Lipinski definition) is 2. The number of carboxylic acids is 1. The van der Waals surface area contributed by atoms with E-state index in [1.54, 1.807) is 7.11 Å². The zero-order valence-corrected chi connectivity index (χ0v) is 9.78. The Balaban J connectivity index is 2.37. The van der Waals surface area contributed by atoms with E-state index in [-0.39, 0.29) is 11.8 Å². The van der Waals surface area contributed by atoms with Crippen LogP contribution >= 0.6 is 0 Å². The highest BCUT2D eigenvalue weighted by Crippen LogP contribution is 2.51. The molecule has 1 aromatic rings. The maximum absolute atomic E-state index is 10.9. The van der Waals surface area contributed by atoms with Gasteiger partial charge in [0.2, 0.25) is 0 Å². The lowest BCUT2D eigenvalue weighted by atomic mass is 10.0. The van der Waals surface area contributed by atoms with Crippen molar-refractivity contribution in [2.75, 3.05) is 7.11 Å². The van der Waals surface area contributed by atoms with Gasteiger partial charge in [-0.3, -0.25) is 4.79 Å². The minimum atomic E-state index is -0.703. The summed E-state index contributed by atoms with van der Waals surface area (Å²) in [6.07, 6.45) is 0.731. The third kappa shape index (κ3) is 1.77. The third-order valence-electron chi connectivity index (χ3n) is 3.16. The summed E-state index contributed by atoms with van der Waals surface area (Å²) in [4.78, 5) is 10.9. The first-order valence-electron chi connectivity index (χ1n) is 5.42. The van der Waals surface area contributed by atoms with Crippen molar-refractivity contribution in [3.05, 3.63) is 28.8 Å². The first-order valence-corrected chi connectivity index (χ1v) is 5.42. The Labute approximate surface area is 95.0 Å². The van der Waals surface area contributed by atoms with Crippen molar-refractivity contribution < 1.29 is 14.6 Å². The van der Waals surface area contributed by atoms with E-state index in [9.17, 15) is 4.79 Å². The molecule has 0 amide bonds. The Morgan fingerprint density at radius 2 is 2.12 bits per heavy atom. The van der Waals surface area contributed by atoms with E-state index < -0.39 is 5.97 Å². The highest BCUT2D eigenvalue weighted by Gasteiger charge is 2.45. The van der Waals surface area contributed by atoms with Crippen molar-refractivity contribution in [2.45, 2.75) is 26.2 Å². The predicted octanol–water partition coefficient (Wildman–Crippen LogP) is 2.50. The maximum atomic E-state index is 10.9. The summed E-state index contributed by atoms with van der Waals surface area (Å²) in [5, 5.41) is 8.95. The number of carbonyl (C=O) groups is 1. The molecule has 0 radical (unpaired) electrons. The summed E-state index contributed by atoms with van der Waals surface area (Å²) >= 11 is 0. The molecule has 86 valence electrons. The Hall–Kier alpha value is -1.51. The fourth-order valence-electron chi connectivity index (χ4n) is 2.35. The Morgan fingerprint density at radius 3 is 2.62 bits per heavy atom. The van der Waals surface area contributed by atoms with Crippen LogP contribution in [0.1, 0.15) is 29.0 Å². The normalized spacial score (nSPS) is 22.9. The van der Waals surface area contributed by atoms with Gasteiger partial charge in [0.1, 0.15) is 5.75 Å². The topological polar surface area (TPSA) is 46.5 Å². The molecule has 1 fully saturated rings. The average Bonchev–Trinajstić information content (AvgIpc) is 2.95. The molecule has 2 unspecified atom stereocenters. The maximum Gasteiger partial charge on any atom is 0.307 e. The van der Waals surface area contributed by atoms with Crippen LogP contribution in [0.2, 0.25) is 0 Å². The SMILES string of the molecule is COc1c(C)cc(C)cc1C1CC1C(=O)O. The molecule has 1 aromatic carbocycles. The minimum Gasteiger partial charge on any atom is -0.496 e. The summed E-state index contributed by atoms with van der Waals surface area (Å²) < 4.78 is 5.37. The number of carboxylic acid groups (broad SMARTS) is 1. The molecule has 0 heterocycles. The fourth-order valence-corrected chi connectivity index (χ4v) is 2.35. The first kappa shape index (κ1) is 11.0. The second-order valence-corrected chi connectivity index (χ2v) is 4.49. The van der Waals surface area contributed by atoms with Crippen LogP contribution in [0.3, 0.4) is 0 Å². The fraction of sp³-hybridized carbons (Fsp3) is 0.462. The molecule has 0 saturated heterocycles. The van der Waals surface area contributed by atoms with E-state index in [2.05, 4.69) is 6.07 Å². The first-order chi connectivity index (χ1) is 7.54. The number of ether oxygens (including phenoxy) is 1. The van der Waals surface area contributed by atoms with Crippen LogP contribution in [0.25, 0.3) is 0 Å².